The van der Waals surface area contributed by atoms with Crippen LogP contribution in [0.5, 0.6) is 0 Å². The van der Waals surface area contributed by atoms with Gasteiger partial charge in [-0.1, -0.05) is 24.6 Å². The summed E-state index contributed by atoms with van der Waals surface area (Å²) in [4.78, 5) is 15.6. The van der Waals surface area contributed by atoms with Crippen LogP contribution in [0.3, 0.4) is 0 Å². The van der Waals surface area contributed by atoms with Gasteiger partial charge in [0, 0.05) is 23.5 Å². The third-order valence-corrected chi connectivity index (χ3v) is 6.19. The van der Waals surface area contributed by atoms with Crippen LogP contribution in [-0.2, 0) is 12.6 Å². The molecule has 10 heteroatoms. The third-order valence-electron chi connectivity index (χ3n) is 6.19. The van der Waals surface area contributed by atoms with Gasteiger partial charge in [0.2, 0.25) is 0 Å². The number of rotatable bonds is 7. The Morgan fingerprint density at radius 2 is 1.83 bits per heavy atom. The standard InChI is InChI=1S/C25H26F3N7/c26-25(27,28)20-11-3-2-9-18(20)23-30-17(8-7-15-35-13-4-1-5-14-35)16-21(31-23)32-24-19-10-6-12-29-22(19)33-34-24/h2-3,6,9-12,16H,1,4-5,7-8,13-15H2,(H2,29,30,31,32,33,34). The predicted octanol–water partition coefficient (Wildman–Crippen LogP) is 5.60. The van der Waals surface area contributed by atoms with Gasteiger partial charge in [-0.05, 0) is 63.5 Å². The highest BCUT2D eigenvalue weighted by Gasteiger charge is 2.34. The summed E-state index contributed by atoms with van der Waals surface area (Å²) >= 11 is 0. The Morgan fingerprint density at radius 1 is 1.00 bits per heavy atom. The van der Waals surface area contributed by atoms with Gasteiger partial charge in [0.05, 0.1) is 10.9 Å². The van der Waals surface area contributed by atoms with Gasteiger partial charge in [-0.25, -0.2) is 15.0 Å². The monoisotopic (exact) mass is 481 g/mol. The lowest BCUT2D eigenvalue weighted by molar-refractivity contribution is -0.137. The zero-order valence-corrected chi connectivity index (χ0v) is 19.1. The fraction of sp³-hybridized carbons (Fsp3) is 0.360. The number of hydrogen-bond acceptors (Lipinski definition) is 6. The molecule has 3 aromatic heterocycles. The Labute approximate surface area is 200 Å². The van der Waals surface area contributed by atoms with Crippen LogP contribution in [0.1, 0.15) is 36.9 Å². The van der Waals surface area contributed by atoms with E-state index in [2.05, 4.69) is 35.4 Å². The number of nitrogens with one attached hydrogen (secondary N) is 2. The Kier molecular flexibility index (Phi) is 6.63. The summed E-state index contributed by atoms with van der Waals surface area (Å²) in [5, 5.41) is 11.0. The minimum Gasteiger partial charge on any atom is -0.325 e. The number of aromatic nitrogens is 5. The van der Waals surface area contributed by atoms with Crippen molar-refractivity contribution in [2.45, 2.75) is 38.3 Å². The topological polar surface area (TPSA) is 82.6 Å². The summed E-state index contributed by atoms with van der Waals surface area (Å²) in [6, 6.07) is 10.8. The van der Waals surface area contributed by atoms with E-state index in [1.807, 2.05) is 6.07 Å². The van der Waals surface area contributed by atoms with Gasteiger partial charge in [-0.3, -0.25) is 5.10 Å². The zero-order valence-electron chi connectivity index (χ0n) is 19.1. The quantitative estimate of drug-likeness (QED) is 0.358. The number of fused-ring (bicyclic) bond motifs is 1. The SMILES string of the molecule is FC(F)(F)c1ccccc1-c1nc(CCCN2CCCCC2)cc(Nc2[nH]nc3ncccc23)n1. The third kappa shape index (κ3) is 5.43. The molecule has 5 rings (SSSR count). The number of nitrogens with zero attached hydrogens (tertiary/aromatic N) is 5. The predicted molar refractivity (Wildman–Crippen MR) is 128 cm³/mol. The second-order valence-electron chi connectivity index (χ2n) is 8.72. The van der Waals surface area contributed by atoms with Gasteiger partial charge in [0.1, 0.15) is 11.6 Å². The molecule has 0 amide bonds. The molecular formula is C25H26F3N7. The van der Waals surface area contributed by atoms with Gasteiger partial charge in [-0.2, -0.15) is 18.3 Å². The summed E-state index contributed by atoms with van der Waals surface area (Å²) in [7, 11) is 0. The first kappa shape index (κ1) is 23.2. The van der Waals surface area contributed by atoms with E-state index in [1.165, 1.54) is 31.4 Å². The number of halogens is 3. The van der Waals surface area contributed by atoms with E-state index >= 15 is 0 Å². The van der Waals surface area contributed by atoms with Crippen LogP contribution in [0.2, 0.25) is 0 Å². The molecular weight excluding hydrogens is 455 g/mol. The minimum absolute atomic E-state index is 0.0397. The zero-order chi connectivity index (χ0) is 24.3. The van der Waals surface area contributed by atoms with Crippen LogP contribution < -0.4 is 5.32 Å². The maximum absolute atomic E-state index is 13.7. The van der Waals surface area contributed by atoms with Crippen molar-refractivity contribution in [1.82, 2.24) is 30.0 Å². The van der Waals surface area contributed by atoms with Crippen molar-refractivity contribution >= 4 is 22.7 Å². The Balaban J connectivity index is 1.47. The van der Waals surface area contributed by atoms with E-state index < -0.39 is 11.7 Å². The summed E-state index contributed by atoms with van der Waals surface area (Å²) < 4.78 is 41.2. The fourth-order valence-electron chi connectivity index (χ4n) is 4.48. The smallest absolute Gasteiger partial charge is 0.325 e. The van der Waals surface area contributed by atoms with E-state index in [0.29, 0.717) is 29.4 Å². The fourth-order valence-corrected chi connectivity index (χ4v) is 4.48. The largest absolute Gasteiger partial charge is 0.417 e. The number of benzene rings is 1. The highest BCUT2D eigenvalue weighted by molar-refractivity contribution is 5.88. The van der Waals surface area contributed by atoms with E-state index in [0.717, 1.165) is 37.5 Å². The van der Waals surface area contributed by atoms with Crippen LogP contribution in [0.4, 0.5) is 24.8 Å². The minimum atomic E-state index is -4.51. The molecule has 0 radical (unpaired) electrons. The lowest BCUT2D eigenvalue weighted by Crippen LogP contribution is -2.30. The number of likely N-dealkylation sites (tertiary alicyclic amines) is 1. The average molecular weight is 482 g/mol. The first-order valence-electron chi connectivity index (χ1n) is 11.8. The maximum atomic E-state index is 13.7. The maximum Gasteiger partial charge on any atom is 0.417 e. The molecule has 1 saturated heterocycles. The van der Waals surface area contributed by atoms with Gasteiger partial charge in [0.15, 0.2) is 11.5 Å². The van der Waals surface area contributed by atoms with Gasteiger partial charge < -0.3 is 10.2 Å². The molecule has 0 atom stereocenters. The molecule has 0 aliphatic carbocycles. The number of aryl methyl sites for hydroxylation is 1. The lowest BCUT2D eigenvalue weighted by Gasteiger charge is -2.26. The van der Waals surface area contributed by atoms with E-state index in [9.17, 15) is 13.2 Å². The highest BCUT2D eigenvalue weighted by atomic mass is 19.4. The van der Waals surface area contributed by atoms with Crippen molar-refractivity contribution < 1.29 is 13.2 Å². The number of aromatic amines is 1. The number of piperidine rings is 1. The van der Waals surface area contributed by atoms with Gasteiger partial charge >= 0.3 is 6.18 Å². The Hall–Kier alpha value is -3.53. The molecule has 182 valence electrons. The second-order valence-corrected chi connectivity index (χ2v) is 8.72. The Morgan fingerprint density at radius 3 is 2.66 bits per heavy atom. The molecule has 4 heterocycles. The average Bonchev–Trinajstić information content (AvgIpc) is 3.27. The number of alkyl halides is 3. The molecule has 0 saturated carbocycles. The van der Waals surface area contributed by atoms with Crippen molar-refractivity contribution in [2.24, 2.45) is 0 Å². The molecule has 0 bridgehead atoms. The first-order chi connectivity index (χ1) is 17.0. The summed E-state index contributed by atoms with van der Waals surface area (Å²) in [6.07, 6.45) is 2.35. The molecule has 2 N–H and O–H groups in total. The van der Waals surface area contributed by atoms with Crippen molar-refractivity contribution in [1.29, 1.82) is 0 Å². The summed E-state index contributed by atoms with van der Waals surface area (Å²) in [5.41, 5.74) is 0.423. The van der Waals surface area contributed by atoms with E-state index in [4.69, 9.17) is 0 Å². The van der Waals surface area contributed by atoms with Crippen LogP contribution >= 0.6 is 0 Å². The molecule has 35 heavy (non-hydrogen) atoms. The molecule has 0 spiro atoms. The number of hydrogen-bond donors (Lipinski definition) is 2. The van der Waals surface area contributed by atoms with Crippen molar-refractivity contribution in [3.63, 3.8) is 0 Å². The van der Waals surface area contributed by atoms with Gasteiger partial charge in [0.25, 0.3) is 0 Å². The highest BCUT2D eigenvalue weighted by Crippen LogP contribution is 2.36. The number of H-pyrrole nitrogens is 1. The van der Waals surface area contributed by atoms with Gasteiger partial charge in [-0.15, -0.1) is 0 Å². The Bertz CT molecular complexity index is 1300. The van der Waals surface area contributed by atoms with E-state index in [1.54, 1.807) is 24.4 Å². The molecule has 0 unspecified atom stereocenters. The van der Waals surface area contributed by atoms with Crippen LogP contribution in [0, 0.1) is 0 Å². The van der Waals surface area contributed by atoms with Crippen LogP contribution in [0.25, 0.3) is 22.4 Å². The molecule has 1 aromatic carbocycles. The number of anilines is 2. The lowest BCUT2D eigenvalue weighted by atomic mass is 10.1. The molecule has 1 fully saturated rings. The molecule has 1 aliphatic heterocycles. The summed E-state index contributed by atoms with van der Waals surface area (Å²) in [5.74, 6) is 1.01. The second kappa shape index (κ2) is 9.99. The molecule has 7 nitrogen and oxygen atoms in total. The van der Waals surface area contributed by atoms with Crippen molar-refractivity contribution in [3.8, 4) is 11.4 Å². The first-order valence-corrected chi connectivity index (χ1v) is 11.8. The van der Waals surface area contributed by atoms with Crippen molar-refractivity contribution in [3.05, 3.63) is 59.9 Å². The van der Waals surface area contributed by atoms with Crippen LogP contribution in [0.15, 0.2) is 48.7 Å². The molecule has 1 aliphatic rings. The van der Waals surface area contributed by atoms with Crippen LogP contribution in [-0.4, -0.2) is 49.7 Å². The number of pyridine rings is 1. The summed E-state index contributed by atoms with van der Waals surface area (Å²) in [6.45, 7) is 3.14. The molecule has 4 aromatic rings. The van der Waals surface area contributed by atoms with E-state index in [-0.39, 0.29) is 11.4 Å². The normalized spacial score (nSPS) is 14.9. The van der Waals surface area contributed by atoms with Crippen molar-refractivity contribution in [2.75, 3.05) is 25.0 Å².